The maximum absolute atomic E-state index is 10.3. The van der Waals surface area contributed by atoms with Crippen molar-refractivity contribution in [1.82, 2.24) is 0 Å². The molecular formula is C18H37KO6S. The number of hydrogen-bond donors (Lipinski definition) is 3. The SMILES string of the molecule is CCCCCCCCC=CCCCCCCCC(=O)O.O=S(=O)(O)O.[KH]. The van der Waals surface area contributed by atoms with Crippen LogP contribution in [0.4, 0.5) is 0 Å². The Labute approximate surface area is 202 Å². The van der Waals surface area contributed by atoms with Crippen molar-refractivity contribution in [3.8, 4) is 0 Å². The van der Waals surface area contributed by atoms with Gasteiger partial charge in [-0.15, -0.1) is 0 Å². The molecule has 8 heteroatoms. The Bertz CT molecular complexity index is 415. The summed E-state index contributed by atoms with van der Waals surface area (Å²) in [4.78, 5) is 10.3. The van der Waals surface area contributed by atoms with Crippen LogP contribution in [-0.2, 0) is 15.2 Å². The summed E-state index contributed by atoms with van der Waals surface area (Å²) in [6, 6.07) is 0. The van der Waals surface area contributed by atoms with Crippen LogP contribution in [0.2, 0.25) is 0 Å². The minimum absolute atomic E-state index is 0. The molecule has 0 atom stereocenters. The molecule has 0 saturated carbocycles. The van der Waals surface area contributed by atoms with Crippen molar-refractivity contribution in [1.29, 1.82) is 0 Å². The van der Waals surface area contributed by atoms with Crippen LogP contribution in [-0.4, -0.2) is 80.0 Å². The molecule has 6 nitrogen and oxygen atoms in total. The first kappa shape index (κ1) is 31.4. The van der Waals surface area contributed by atoms with Gasteiger partial charge in [0.05, 0.1) is 0 Å². The quantitative estimate of drug-likeness (QED) is 0.152. The molecule has 0 radical (unpaired) electrons. The number of carboxylic acids is 1. The van der Waals surface area contributed by atoms with E-state index in [2.05, 4.69) is 19.1 Å². The van der Waals surface area contributed by atoms with Crippen LogP contribution in [0, 0.1) is 0 Å². The van der Waals surface area contributed by atoms with E-state index in [9.17, 15) is 4.79 Å². The predicted octanol–water partition coefficient (Wildman–Crippen LogP) is 4.81. The van der Waals surface area contributed by atoms with E-state index in [0.717, 1.165) is 12.8 Å². The molecule has 152 valence electrons. The Morgan fingerprint density at radius 2 is 1.12 bits per heavy atom. The first-order valence-electron chi connectivity index (χ1n) is 9.34. The standard InChI is InChI=1S/C18H34O2.K.H2O4S.H/c1-2-3-4-5-6-7-8-9-10-11-12-13-14-15-16-17-18(19)20;;1-5(2,3)4;/h9-10H,2-8,11-17H2,1H3,(H,19,20);;(H2,1,2,3,4);. The molecular weight excluding hydrogens is 383 g/mol. The predicted molar refractivity (Wildman–Crippen MR) is 108 cm³/mol. The van der Waals surface area contributed by atoms with E-state index in [1.54, 1.807) is 0 Å². The van der Waals surface area contributed by atoms with E-state index in [4.69, 9.17) is 22.6 Å². The van der Waals surface area contributed by atoms with Gasteiger partial charge in [0.25, 0.3) is 0 Å². The molecule has 0 aromatic heterocycles. The Kier molecular flexibility index (Phi) is 28.7. The van der Waals surface area contributed by atoms with Crippen LogP contribution >= 0.6 is 0 Å². The van der Waals surface area contributed by atoms with E-state index in [1.807, 2.05) is 0 Å². The van der Waals surface area contributed by atoms with E-state index >= 15 is 0 Å². The van der Waals surface area contributed by atoms with Gasteiger partial charge < -0.3 is 5.11 Å². The van der Waals surface area contributed by atoms with Crippen LogP contribution in [0.25, 0.3) is 0 Å². The van der Waals surface area contributed by atoms with Crippen molar-refractivity contribution >= 4 is 67.8 Å². The maximum atomic E-state index is 10.3. The number of carboxylic acid groups (broad SMARTS) is 1. The number of allylic oxidation sites excluding steroid dienone is 2. The molecule has 0 saturated heterocycles. The molecule has 0 rings (SSSR count). The van der Waals surface area contributed by atoms with Crippen molar-refractivity contribution in [2.45, 2.75) is 96.8 Å². The molecule has 0 spiro atoms. The summed E-state index contributed by atoms with van der Waals surface area (Å²) in [5.41, 5.74) is 0. The van der Waals surface area contributed by atoms with Gasteiger partial charge in [-0.25, -0.2) is 0 Å². The van der Waals surface area contributed by atoms with Gasteiger partial charge in [-0.05, 0) is 32.1 Å². The summed E-state index contributed by atoms with van der Waals surface area (Å²) >= 11 is 0. The van der Waals surface area contributed by atoms with Crippen LogP contribution in [0.1, 0.15) is 96.8 Å². The second-order valence-corrected chi connectivity index (χ2v) is 7.07. The van der Waals surface area contributed by atoms with Gasteiger partial charge in [-0.3, -0.25) is 13.9 Å². The summed E-state index contributed by atoms with van der Waals surface area (Å²) in [7, 11) is -4.67. The molecule has 0 aliphatic rings. The summed E-state index contributed by atoms with van der Waals surface area (Å²) in [6.07, 6.45) is 21.2. The van der Waals surface area contributed by atoms with Gasteiger partial charge in [0.1, 0.15) is 0 Å². The average Bonchev–Trinajstić information content (AvgIpc) is 2.49. The zero-order valence-corrected chi connectivity index (χ0v) is 16.3. The monoisotopic (exact) mass is 420 g/mol. The van der Waals surface area contributed by atoms with Gasteiger partial charge in [0.15, 0.2) is 0 Å². The van der Waals surface area contributed by atoms with Crippen molar-refractivity contribution in [2.75, 3.05) is 0 Å². The Morgan fingerprint density at radius 3 is 1.50 bits per heavy atom. The number of carbonyl (C=O) groups is 1. The van der Waals surface area contributed by atoms with Gasteiger partial charge in [0, 0.05) is 6.42 Å². The number of rotatable bonds is 15. The van der Waals surface area contributed by atoms with Crippen LogP contribution in [0.3, 0.4) is 0 Å². The Morgan fingerprint density at radius 1 is 0.769 bits per heavy atom. The topological polar surface area (TPSA) is 112 Å². The van der Waals surface area contributed by atoms with Crippen molar-refractivity contribution < 1.29 is 27.4 Å². The van der Waals surface area contributed by atoms with E-state index in [-0.39, 0.29) is 51.4 Å². The van der Waals surface area contributed by atoms with Gasteiger partial charge >= 0.3 is 67.8 Å². The molecule has 0 bridgehead atoms. The van der Waals surface area contributed by atoms with Crippen molar-refractivity contribution in [3.05, 3.63) is 12.2 Å². The molecule has 0 heterocycles. The van der Waals surface area contributed by atoms with Crippen LogP contribution < -0.4 is 0 Å². The average molecular weight is 421 g/mol. The molecule has 0 aromatic carbocycles. The van der Waals surface area contributed by atoms with E-state index < -0.39 is 16.4 Å². The second kappa shape index (κ2) is 23.8. The van der Waals surface area contributed by atoms with Gasteiger partial charge in [-0.1, -0.05) is 70.4 Å². The minimum atomic E-state index is -4.67. The third-order valence-electron chi connectivity index (χ3n) is 3.65. The first-order chi connectivity index (χ1) is 11.8. The fourth-order valence-electron chi connectivity index (χ4n) is 2.35. The number of aliphatic carboxylic acids is 1. The molecule has 0 aliphatic heterocycles. The first-order valence-corrected chi connectivity index (χ1v) is 10.7. The number of hydrogen-bond acceptors (Lipinski definition) is 3. The van der Waals surface area contributed by atoms with E-state index in [1.165, 1.54) is 70.6 Å². The zero-order valence-electron chi connectivity index (χ0n) is 15.5. The van der Waals surface area contributed by atoms with Crippen molar-refractivity contribution in [3.63, 3.8) is 0 Å². The zero-order chi connectivity index (χ0) is 19.4. The summed E-state index contributed by atoms with van der Waals surface area (Å²) in [6.45, 7) is 2.26. The summed E-state index contributed by atoms with van der Waals surface area (Å²) in [5.74, 6) is -0.664. The third-order valence-corrected chi connectivity index (χ3v) is 3.65. The molecule has 26 heavy (non-hydrogen) atoms. The molecule has 0 unspecified atom stereocenters. The van der Waals surface area contributed by atoms with Crippen LogP contribution in [0.15, 0.2) is 12.2 Å². The van der Waals surface area contributed by atoms with Gasteiger partial charge in [-0.2, -0.15) is 8.42 Å². The van der Waals surface area contributed by atoms with Crippen LogP contribution in [0.5, 0.6) is 0 Å². The molecule has 0 amide bonds. The summed E-state index contributed by atoms with van der Waals surface area (Å²) in [5, 5.41) is 8.51. The fourth-order valence-corrected chi connectivity index (χ4v) is 2.35. The fraction of sp³-hybridized carbons (Fsp3) is 0.833. The summed E-state index contributed by atoms with van der Waals surface area (Å²) < 4.78 is 31.6. The molecule has 3 N–H and O–H groups in total. The molecule has 0 fully saturated rings. The molecule has 0 aromatic rings. The second-order valence-electron chi connectivity index (χ2n) is 6.18. The Hall–Kier alpha value is 0.716. The number of unbranched alkanes of at least 4 members (excludes halogenated alkanes) is 11. The van der Waals surface area contributed by atoms with Crippen molar-refractivity contribution in [2.24, 2.45) is 0 Å². The van der Waals surface area contributed by atoms with Gasteiger partial charge in [0.2, 0.25) is 0 Å². The molecule has 0 aliphatic carbocycles. The Balaban J connectivity index is -0.000000772. The van der Waals surface area contributed by atoms with E-state index in [0.29, 0.717) is 6.42 Å². The normalized spacial score (nSPS) is 10.9. The third kappa shape index (κ3) is 44.3.